The predicted octanol–water partition coefficient (Wildman–Crippen LogP) is 1.70. The van der Waals surface area contributed by atoms with Crippen molar-refractivity contribution >= 4 is 0 Å². The van der Waals surface area contributed by atoms with E-state index >= 15 is 0 Å². The minimum Gasteiger partial charge on any atom is -0.393 e. The topological polar surface area (TPSA) is 32.3 Å². The van der Waals surface area contributed by atoms with Gasteiger partial charge in [-0.25, -0.2) is 0 Å². The molecule has 0 rings (SSSR count). The lowest BCUT2D eigenvalue weighted by Gasteiger charge is -2.03. The van der Waals surface area contributed by atoms with Gasteiger partial charge in [0.1, 0.15) is 0 Å². The van der Waals surface area contributed by atoms with Gasteiger partial charge in [0.15, 0.2) is 0 Å². The molecule has 0 bridgehead atoms. The van der Waals surface area contributed by atoms with Crippen LogP contribution in [0.15, 0.2) is 11.6 Å². The smallest absolute Gasteiger partial charge is 0.0512 e. The minimum atomic E-state index is -0.157. The van der Waals surface area contributed by atoms with Crippen molar-refractivity contribution in [2.45, 2.75) is 39.7 Å². The molecule has 0 aromatic rings. The van der Waals surface area contributed by atoms with Crippen molar-refractivity contribution in [1.29, 1.82) is 0 Å². The molecule has 2 N–H and O–H groups in total. The van der Waals surface area contributed by atoms with Crippen molar-refractivity contribution in [2.24, 2.45) is 0 Å². The Bertz CT molecular complexity index is 126. The number of nitrogens with one attached hydrogen (secondary N) is 1. The Morgan fingerprint density at radius 2 is 2.17 bits per heavy atom. The zero-order valence-corrected chi connectivity index (χ0v) is 8.43. The second-order valence-electron chi connectivity index (χ2n) is 3.48. The van der Waals surface area contributed by atoms with Crippen LogP contribution in [-0.2, 0) is 0 Å². The number of hydrogen-bond donors (Lipinski definition) is 2. The molecule has 1 atom stereocenters. The van der Waals surface area contributed by atoms with Crippen molar-refractivity contribution in [3.63, 3.8) is 0 Å². The average Bonchev–Trinajstić information content (AvgIpc) is 1.95. The molecule has 0 aliphatic rings. The molecule has 0 radical (unpaired) electrons. The fourth-order valence-electron chi connectivity index (χ4n) is 0.901. The molecule has 1 unspecified atom stereocenters. The van der Waals surface area contributed by atoms with Crippen LogP contribution in [0.5, 0.6) is 0 Å². The third-order valence-corrected chi connectivity index (χ3v) is 1.63. The van der Waals surface area contributed by atoms with Gasteiger partial charge in [0.25, 0.3) is 0 Å². The number of aliphatic hydroxyl groups is 1. The lowest BCUT2D eigenvalue weighted by atomic mass is 10.2. The number of rotatable bonds is 6. The predicted molar refractivity (Wildman–Crippen MR) is 53.2 cm³/mol. The Morgan fingerprint density at radius 3 is 2.67 bits per heavy atom. The molecule has 0 fully saturated rings. The molecule has 0 aromatic carbocycles. The summed E-state index contributed by atoms with van der Waals surface area (Å²) < 4.78 is 0. The van der Waals surface area contributed by atoms with E-state index in [1.165, 1.54) is 5.57 Å². The molecule has 2 nitrogen and oxygen atoms in total. The zero-order chi connectivity index (χ0) is 9.40. The van der Waals surface area contributed by atoms with Gasteiger partial charge in [0.2, 0.25) is 0 Å². The summed E-state index contributed by atoms with van der Waals surface area (Å²) in [5, 5.41) is 12.2. The van der Waals surface area contributed by atoms with Crippen LogP contribution >= 0.6 is 0 Å². The maximum absolute atomic E-state index is 8.96. The Morgan fingerprint density at radius 1 is 1.50 bits per heavy atom. The monoisotopic (exact) mass is 171 g/mol. The van der Waals surface area contributed by atoms with Crippen LogP contribution in [0.2, 0.25) is 0 Å². The van der Waals surface area contributed by atoms with E-state index in [2.05, 4.69) is 25.2 Å². The van der Waals surface area contributed by atoms with E-state index in [0.717, 1.165) is 25.9 Å². The molecular weight excluding hydrogens is 150 g/mol. The van der Waals surface area contributed by atoms with E-state index < -0.39 is 0 Å². The van der Waals surface area contributed by atoms with Gasteiger partial charge in [0, 0.05) is 6.54 Å². The second kappa shape index (κ2) is 7.32. The molecular formula is C10H21NO. The molecule has 0 aromatic heterocycles. The van der Waals surface area contributed by atoms with Crippen LogP contribution in [0.4, 0.5) is 0 Å². The lowest BCUT2D eigenvalue weighted by Crippen LogP contribution is -2.16. The maximum atomic E-state index is 8.96. The van der Waals surface area contributed by atoms with Gasteiger partial charge in [-0.05, 0) is 40.2 Å². The summed E-state index contributed by atoms with van der Waals surface area (Å²) >= 11 is 0. The van der Waals surface area contributed by atoms with Crippen LogP contribution in [-0.4, -0.2) is 24.3 Å². The molecule has 0 saturated heterocycles. The summed E-state index contributed by atoms with van der Waals surface area (Å²) in [5.74, 6) is 0. The van der Waals surface area contributed by atoms with Crippen molar-refractivity contribution in [3.8, 4) is 0 Å². The first-order valence-corrected chi connectivity index (χ1v) is 4.65. The van der Waals surface area contributed by atoms with Gasteiger partial charge in [-0.1, -0.05) is 11.6 Å². The average molecular weight is 171 g/mol. The van der Waals surface area contributed by atoms with Gasteiger partial charge < -0.3 is 10.4 Å². The highest BCUT2D eigenvalue weighted by atomic mass is 16.3. The lowest BCUT2D eigenvalue weighted by molar-refractivity contribution is 0.181. The maximum Gasteiger partial charge on any atom is 0.0512 e. The molecule has 0 spiro atoms. The number of hydrogen-bond acceptors (Lipinski definition) is 2. The minimum absolute atomic E-state index is 0.157. The SMILES string of the molecule is CC(C)=CCNCCCC(C)O. The molecule has 2 heteroatoms. The van der Waals surface area contributed by atoms with Crippen molar-refractivity contribution in [1.82, 2.24) is 5.32 Å². The Balaban J connectivity index is 3.06. The van der Waals surface area contributed by atoms with E-state index in [1.54, 1.807) is 0 Å². The molecule has 0 saturated carbocycles. The van der Waals surface area contributed by atoms with Crippen LogP contribution in [0.3, 0.4) is 0 Å². The van der Waals surface area contributed by atoms with Gasteiger partial charge in [-0.2, -0.15) is 0 Å². The zero-order valence-electron chi connectivity index (χ0n) is 8.43. The first kappa shape index (κ1) is 11.7. The molecule has 72 valence electrons. The fraction of sp³-hybridized carbons (Fsp3) is 0.800. The van der Waals surface area contributed by atoms with Gasteiger partial charge in [0.05, 0.1) is 6.10 Å². The molecule has 12 heavy (non-hydrogen) atoms. The molecule has 0 aliphatic carbocycles. The Hall–Kier alpha value is -0.340. The van der Waals surface area contributed by atoms with Gasteiger partial charge >= 0.3 is 0 Å². The van der Waals surface area contributed by atoms with Crippen molar-refractivity contribution in [3.05, 3.63) is 11.6 Å². The highest BCUT2D eigenvalue weighted by Gasteiger charge is 1.93. The summed E-state index contributed by atoms with van der Waals surface area (Å²) in [5.41, 5.74) is 1.35. The van der Waals surface area contributed by atoms with Crippen LogP contribution in [0, 0.1) is 0 Å². The second-order valence-corrected chi connectivity index (χ2v) is 3.48. The van der Waals surface area contributed by atoms with Gasteiger partial charge in [-0.15, -0.1) is 0 Å². The van der Waals surface area contributed by atoms with E-state index in [4.69, 9.17) is 5.11 Å². The van der Waals surface area contributed by atoms with E-state index in [0.29, 0.717) is 0 Å². The molecule has 0 aliphatic heterocycles. The van der Waals surface area contributed by atoms with Crippen LogP contribution in [0.1, 0.15) is 33.6 Å². The van der Waals surface area contributed by atoms with Crippen molar-refractivity contribution < 1.29 is 5.11 Å². The first-order chi connectivity index (χ1) is 5.63. The largest absolute Gasteiger partial charge is 0.393 e. The van der Waals surface area contributed by atoms with E-state index in [9.17, 15) is 0 Å². The normalized spacial score (nSPS) is 12.7. The first-order valence-electron chi connectivity index (χ1n) is 4.65. The Labute approximate surface area is 75.7 Å². The summed E-state index contributed by atoms with van der Waals surface area (Å²) in [6.45, 7) is 7.96. The third-order valence-electron chi connectivity index (χ3n) is 1.63. The highest BCUT2D eigenvalue weighted by Crippen LogP contribution is 1.93. The summed E-state index contributed by atoms with van der Waals surface area (Å²) in [7, 11) is 0. The summed E-state index contributed by atoms with van der Waals surface area (Å²) in [6.07, 6.45) is 3.95. The van der Waals surface area contributed by atoms with Gasteiger partial charge in [-0.3, -0.25) is 0 Å². The number of allylic oxidation sites excluding steroid dienone is 1. The van der Waals surface area contributed by atoms with E-state index in [1.807, 2.05) is 6.92 Å². The highest BCUT2D eigenvalue weighted by molar-refractivity contribution is 4.94. The third kappa shape index (κ3) is 9.66. The number of aliphatic hydroxyl groups excluding tert-OH is 1. The molecule has 0 amide bonds. The fourth-order valence-corrected chi connectivity index (χ4v) is 0.901. The molecule has 0 heterocycles. The quantitative estimate of drug-likeness (QED) is 0.471. The van der Waals surface area contributed by atoms with E-state index in [-0.39, 0.29) is 6.10 Å². The summed E-state index contributed by atoms with van der Waals surface area (Å²) in [4.78, 5) is 0. The summed E-state index contributed by atoms with van der Waals surface area (Å²) in [6, 6.07) is 0. The van der Waals surface area contributed by atoms with Crippen LogP contribution in [0.25, 0.3) is 0 Å². The van der Waals surface area contributed by atoms with Crippen LogP contribution < -0.4 is 5.32 Å². The van der Waals surface area contributed by atoms with Crippen molar-refractivity contribution in [2.75, 3.05) is 13.1 Å². The standard InChI is InChI=1S/C10H21NO/c1-9(2)6-8-11-7-4-5-10(3)12/h6,10-12H,4-5,7-8H2,1-3H3. The Kier molecular flexibility index (Phi) is 7.11.